The van der Waals surface area contributed by atoms with E-state index in [1.165, 1.54) is 64.4 Å². The Kier molecular flexibility index (Phi) is 15.5. The van der Waals surface area contributed by atoms with Gasteiger partial charge in [-0.15, -0.1) is 0 Å². The van der Waals surface area contributed by atoms with Crippen molar-refractivity contribution in [2.45, 2.75) is 72.2 Å². The minimum atomic E-state index is -4.35. The molecule has 6 heterocycles. The molecule has 0 bridgehead atoms. The van der Waals surface area contributed by atoms with Gasteiger partial charge in [-0.25, -0.2) is 31.2 Å². The summed E-state index contributed by atoms with van der Waals surface area (Å²) in [6, 6.07) is 46.8. The highest BCUT2D eigenvalue weighted by Crippen LogP contribution is 2.53. The van der Waals surface area contributed by atoms with Crippen LogP contribution >= 0.6 is 0 Å². The summed E-state index contributed by atoms with van der Waals surface area (Å²) < 4.78 is 69.6. The Balaban J connectivity index is 0.000000193. The molecule has 21 nitrogen and oxygen atoms in total. The van der Waals surface area contributed by atoms with E-state index in [-0.39, 0.29) is 34.0 Å². The largest absolute Gasteiger partial charge is 0.451 e. The molecule has 7 aromatic rings. The molecule has 23 heteroatoms. The monoisotopic (exact) mass is 1180 g/mol. The number of nitro benzene ring substituents is 1. The van der Waals surface area contributed by atoms with Crippen molar-refractivity contribution in [2.24, 2.45) is 5.73 Å². The molecule has 0 aliphatic carbocycles. The average Bonchev–Trinajstić information content (AvgIpc) is 1.56. The number of rotatable bonds is 14. The maximum absolute atomic E-state index is 14.1. The zero-order valence-electron chi connectivity index (χ0n) is 45.7. The first-order valence-corrected chi connectivity index (χ1v) is 29.4. The van der Waals surface area contributed by atoms with E-state index in [0.29, 0.717) is 22.3 Å². The fourth-order valence-corrected chi connectivity index (χ4v) is 15.2. The van der Waals surface area contributed by atoms with Crippen molar-refractivity contribution < 1.29 is 64.7 Å². The van der Waals surface area contributed by atoms with Crippen LogP contribution in [0.1, 0.15) is 73.5 Å². The van der Waals surface area contributed by atoms with E-state index in [9.17, 15) is 55.7 Å². The third-order valence-corrected chi connectivity index (χ3v) is 20.8. The van der Waals surface area contributed by atoms with Gasteiger partial charge >= 0.3 is 17.9 Å². The zero-order chi connectivity index (χ0) is 60.8. The molecule has 85 heavy (non-hydrogen) atoms. The molecule has 5 aromatic carbocycles. The summed E-state index contributed by atoms with van der Waals surface area (Å²) in [5.74, 6) is -5.62. The number of nitro groups is 1. The molecule has 4 aliphatic rings. The van der Waals surface area contributed by atoms with Crippen LogP contribution in [-0.4, -0.2) is 109 Å². The molecule has 4 fully saturated rings. The van der Waals surface area contributed by atoms with Crippen molar-refractivity contribution in [1.82, 2.24) is 19.8 Å². The number of non-ortho nitro benzene ring substituents is 1. The lowest BCUT2D eigenvalue weighted by Crippen LogP contribution is -2.60. The highest BCUT2D eigenvalue weighted by molar-refractivity contribution is 7.94. The van der Waals surface area contributed by atoms with Gasteiger partial charge in [0.25, 0.3) is 23.4 Å². The fourth-order valence-electron chi connectivity index (χ4n) is 10.9. The van der Waals surface area contributed by atoms with E-state index in [4.69, 9.17) is 19.9 Å². The summed E-state index contributed by atoms with van der Waals surface area (Å²) >= 11 is 0. The highest BCUT2D eigenvalue weighted by Gasteiger charge is 2.73. The lowest BCUT2D eigenvalue weighted by atomic mass is 9.91. The van der Waals surface area contributed by atoms with Gasteiger partial charge in [-0.1, -0.05) is 133 Å². The fraction of sp³-hybridized carbons (Fsp3) is 0.194. The summed E-state index contributed by atoms with van der Waals surface area (Å²) in [4.78, 5) is 102. The lowest BCUT2D eigenvalue weighted by molar-refractivity contribution is -0.384. The van der Waals surface area contributed by atoms with Crippen molar-refractivity contribution >= 4 is 72.1 Å². The number of esters is 3. The zero-order valence-corrected chi connectivity index (χ0v) is 47.3. The van der Waals surface area contributed by atoms with Gasteiger partial charge in [-0.2, -0.15) is 0 Å². The number of fused-ring (bicyclic) bond motifs is 2. The van der Waals surface area contributed by atoms with Crippen LogP contribution in [0.2, 0.25) is 0 Å². The van der Waals surface area contributed by atoms with Gasteiger partial charge < -0.3 is 29.7 Å². The summed E-state index contributed by atoms with van der Waals surface area (Å²) in [5, 5.41) is 7.85. The van der Waals surface area contributed by atoms with E-state index >= 15 is 0 Å². The van der Waals surface area contributed by atoms with Crippen molar-refractivity contribution in [3.05, 3.63) is 249 Å². The second-order valence-electron chi connectivity index (χ2n) is 21.0. The van der Waals surface area contributed by atoms with E-state index in [1.54, 1.807) is 121 Å². The Hall–Kier alpha value is -10.0. The maximum atomic E-state index is 14.1. The third-order valence-electron chi connectivity index (χ3n) is 15.3. The van der Waals surface area contributed by atoms with E-state index in [0.717, 1.165) is 21.9 Å². The van der Waals surface area contributed by atoms with Gasteiger partial charge in [0.15, 0.2) is 54.7 Å². The topological polar surface area (TPSA) is 300 Å². The number of pyridine rings is 2. The minimum Gasteiger partial charge on any atom is -0.451 e. The summed E-state index contributed by atoms with van der Waals surface area (Å²) in [5.41, 5.74) is 6.66. The van der Waals surface area contributed by atoms with Crippen LogP contribution in [0, 0.1) is 10.1 Å². The first-order chi connectivity index (χ1) is 40.5. The molecule has 4 saturated heterocycles. The normalized spacial score (nSPS) is 21.2. The molecule has 2 aromatic heterocycles. The number of carbonyl (C=O) groups is 6. The number of aromatic nitrogens is 2. The standard InChI is InChI=1S/C34H27N3O9S.C28H25N3O6S/c1-34(2)29(33(40)46-28(21-11-5-3-6-12-21)22-13-7-4-8-14-22)36-30(38)27(31(36)47(34,43)44)26(25-15-9-10-20-35-25)32(39)45-24-18-16-23(17-19-24)37(41)42;1-28(2)23(27(34)37-22(17-11-5-3-6-12-17)18-13-7-4-8-14-18)31-25(33)21(26(31)38(28,35)36)20(24(29)32)19-15-9-10-16-30-19/h3-20,28-29,31H,1-2H3;3-16,22-23,26H,1-2H3,(H2,29,32)/b27-26+;21-20+/t29-,31+;23-,26+/m00/s1. The minimum absolute atomic E-state index is 0.0327. The number of primary amides is 1. The molecular formula is C62H52N6O15S2. The first-order valence-electron chi connectivity index (χ1n) is 26.3. The molecule has 0 radical (unpaired) electrons. The Bertz CT molecular complexity index is 4020. The number of carbonyl (C=O) groups excluding carboxylic acids is 6. The summed E-state index contributed by atoms with van der Waals surface area (Å²) in [6.45, 7) is 5.44. The SMILES string of the molecule is CC1(C)[C@H](C(=O)OC(c2ccccc2)c2ccccc2)N2C(=O)/C(=C(\C(=O)Oc3ccc([N+](=O)[O-])cc3)c3ccccn3)[C@H]2S1(=O)=O.CC1(C)[C@H](C(=O)OC(c2ccccc2)c2ccccc2)N2C(=O)/C(=C(\C(N)=O)c3ccccn3)[C@H]2S1(=O)=O. The van der Waals surface area contributed by atoms with Gasteiger partial charge in [-0.05, 0) is 86.3 Å². The van der Waals surface area contributed by atoms with Gasteiger partial charge in [0.2, 0.25) is 0 Å². The van der Waals surface area contributed by atoms with Crippen molar-refractivity contribution in [2.75, 3.05) is 0 Å². The predicted molar refractivity (Wildman–Crippen MR) is 307 cm³/mol. The van der Waals surface area contributed by atoms with Crippen LogP contribution < -0.4 is 10.5 Å². The molecule has 0 saturated carbocycles. The number of nitrogens with zero attached hydrogens (tertiary/aromatic N) is 5. The van der Waals surface area contributed by atoms with Crippen LogP contribution in [0.25, 0.3) is 11.1 Å². The molecular weight excluding hydrogens is 1130 g/mol. The Morgan fingerprint density at radius 2 is 0.871 bits per heavy atom. The molecule has 432 valence electrons. The molecule has 4 aliphatic heterocycles. The van der Waals surface area contributed by atoms with Crippen LogP contribution in [-0.2, 0) is 57.9 Å². The molecule has 3 amide bonds. The number of β-lactam (4-membered cyclic amide) rings is 2. The van der Waals surface area contributed by atoms with Crippen molar-refractivity contribution in [1.29, 1.82) is 0 Å². The lowest BCUT2D eigenvalue weighted by Gasteiger charge is -2.39. The van der Waals surface area contributed by atoms with E-state index in [2.05, 4.69) is 9.97 Å². The van der Waals surface area contributed by atoms with E-state index in [1.807, 2.05) is 24.3 Å². The smallest absolute Gasteiger partial charge is 0.346 e. The number of ether oxygens (including phenoxy) is 3. The van der Waals surface area contributed by atoms with Crippen LogP contribution in [0.4, 0.5) is 5.69 Å². The van der Waals surface area contributed by atoms with Gasteiger partial charge in [0.05, 0.1) is 38.6 Å². The highest BCUT2D eigenvalue weighted by atomic mass is 32.2. The Morgan fingerprint density at radius 1 is 0.529 bits per heavy atom. The number of sulfone groups is 2. The van der Waals surface area contributed by atoms with E-state index < -0.39 is 116 Å². The summed E-state index contributed by atoms with van der Waals surface area (Å²) in [7, 11) is -8.53. The molecule has 4 atom stereocenters. The van der Waals surface area contributed by atoms with Crippen LogP contribution in [0.3, 0.4) is 0 Å². The quantitative estimate of drug-likeness (QED) is 0.0291. The van der Waals surface area contributed by atoms with Gasteiger partial charge in [0, 0.05) is 24.5 Å². The van der Waals surface area contributed by atoms with Gasteiger partial charge in [-0.3, -0.25) is 34.5 Å². The van der Waals surface area contributed by atoms with Crippen molar-refractivity contribution in [3.8, 4) is 5.75 Å². The number of hydrogen-bond donors (Lipinski definition) is 1. The molecule has 0 spiro atoms. The predicted octanol–water partition coefficient (Wildman–Crippen LogP) is 6.82. The number of nitrogens with two attached hydrogens (primary N) is 1. The molecule has 11 rings (SSSR count). The second kappa shape index (κ2) is 22.6. The maximum Gasteiger partial charge on any atom is 0.346 e. The van der Waals surface area contributed by atoms with Crippen molar-refractivity contribution in [3.63, 3.8) is 0 Å². The first kappa shape index (κ1) is 58.2. The number of benzene rings is 5. The number of hydrogen-bond acceptors (Lipinski definition) is 17. The second-order valence-corrected chi connectivity index (χ2v) is 26.2. The average molecular weight is 1190 g/mol. The molecule has 2 N–H and O–H groups in total. The van der Waals surface area contributed by atoms with Crippen LogP contribution in [0.5, 0.6) is 5.75 Å². The van der Waals surface area contributed by atoms with Crippen LogP contribution in [0.15, 0.2) is 206 Å². The summed E-state index contributed by atoms with van der Waals surface area (Å²) in [6.07, 6.45) is 1.04. The number of amides is 3. The Labute approximate surface area is 487 Å². The Morgan fingerprint density at radius 3 is 1.20 bits per heavy atom. The van der Waals surface area contributed by atoms with Gasteiger partial charge in [0.1, 0.15) is 15.2 Å². The molecule has 0 unspecified atom stereocenters. The third kappa shape index (κ3) is 10.2.